The molecule has 4 heterocycles. The first-order valence-electron chi connectivity index (χ1n) is 17.0. The van der Waals surface area contributed by atoms with E-state index in [1.54, 1.807) is 7.11 Å². The van der Waals surface area contributed by atoms with Gasteiger partial charge in [0.1, 0.15) is 0 Å². The van der Waals surface area contributed by atoms with Crippen molar-refractivity contribution in [1.82, 2.24) is 31.2 Å². The van der Waals surface area contributed by atoms with Crippen LogP contribution in [0.1, 0.15) is 61.4 Å². The van der Waals surface area contributed by atoms with E-state index in [2.05, 4.69) is 33.4 Å². The number of fused-ring (bicyclic) bond motifs is 1. The highest BCUT2D eigenvalue weighted by Crippen LogP contribution is 2.42. The third-order valence-electron chi connectivity index (χ3n) is 9.75. The molecule has 0 spiro atoms. The first-order chi connectivity index (χ1) is 23.9. The summed E-state index contributed by atoms with van der Waals surface area (Å²) >= 11 is 14.3. The van der Waals surface area contributed by atoms with E-state index in [0.29, 0.717) is 47.6 Å². The van der Waals surface area contributed by atoms with Crippen LogP contribution in [0.25, 0.3) is 33.6 Å². The molecule has 2 aliphatic heterocycles. The number of hydrogen-bond acceptors (Lipinski definition) is 7. The maximum absolute atomic E-state index is 11.6. The van der Waals surface area contributed by atoms with Crippen molar-refractivity contribution in [1.29, 1.82) is 0 Å². The fourth-order valence-corrected chi connectivity index (χ4v) is 7.80. The molecule has 2 aromatic heterocycles. The Balaban J connectivity index is 1.10. The van der Waals surface area contributed by atoms with Gasteiger partial charge in [0, 0.05) is 84.1 Å². The van der Waals surface area contributed by atoms with E-state index in [1.807, 2.05) is 48.5 Å². The normalized spacial score (nSPS) is 20.2. The van der Waals surface area contributed by atoms with Crippen LogP contribution in [0.2, 0.25) is 10.0 Å². The summed E-state index contributed by atoms with van der Waals surface area (Å²) in [4.78, 5) is 33.1. The zero-order valence-electron chi connectivity index (χ0n) is 27.5. The second-order valence-corrected chi connectivity index (χ2v) is 13.8. The van der Waals surface area contributed by atoms with Crippen molar-refractivity contribution >= 4 is 35.0 Å². The summed E-state index contributed by atoms with van der Waals surface area (Å²) in [6.07, 6.45) is 5.91. The number of ether oxygens (including phenoxy) is 1. The maximum atomic E-state index is 11.6. The number of hydrogen-bond donors (Lipinski definition) is 4. The molecule has 2 fully saturated rings. The molecule has 7 rings (SSSR count). The minimum atomic E-state index is 0.105. The number of halogens is 2. The summed E-state index contributed by atoms with van der Waals surface area (Å²) in [5, 5.41) is 14.2. The van der Waals surface area contributed by atoms with E-state index in [9.17, 15) is 9.59 Å². The summed E-state index contributed by atoms with van der Waals surface area (Å²) in [7, 11) is 1.61. The number of aryl methyl sites for hydroxylation is 1. The average molecular weight is 700 g/mol. The lowest BCUT2D eigenvalue weighted by Gasteiger charge is -2.27. The molecule has 254 valence electrons. The third kappa shape index (κ3) is 7.31. The molecule has 49 heavy (non-hydrogen) atoms. The van der Waals surface area contributed by atoms with Gasteiger partial charge in [-0.3, -0.25) is 14.6 Å². The van der Waals surface area contributed by atoms with Crippen LogP contribution in [-0.2, 0) is 22.6 Å². The molecule has 1 aliphatic carbocycles. The van der Waals surface area contributed by atoms with E-state index in [1.165, 1.54) is 5.56 Å². The van der Waals surface area contributed by atoms with Gasteiger partial charge in [-0.05, 0) is 49.8 Å². The lowest BCUT2D eigenvalue weighted by atomic mass is 9.90. The smallest absolute Gasteiger partial charge is 0.220 e. The molecule has 2 amide bonds. The van der Waals surface area contributed by atoms with Crippen LogP contribution in [0.5, 0.6) is 5.88 Å². The molecule has 0 radical (unpaired) electrons. The molecule has 11 heteroatoms. The minimum absolute atomic E-state index is 0.105. The van der Waals surface area contributed by atoms with Gasteiger partial charge in [0.25, 0.3) is 0 Å². The van der Waals surface area contributed by atoms with Crippen molar-refractivity contribution in [3.63, 3.8) is 0 Å². The van der Waals surface area contributed by atoms with Crippen molar-refractivity contribution in [3.05, 3.63) is 87.5 Å². The summed E-state index contributed by atoms with van der Waals surface area (Å²) in [6.45, 7) is 2.01. The Morgan fingerprint density at radius 2 is 1.37 bits per heavy atom. The summed E-state index contributed by atoms with van der Waals surface area (Å²) in [6, 6.07) is 20.6. The second kappa shape index (κ2) is 14.8. The molecule has 0 saturated carbocycles. The molecule has 3 atom stereocenters. The Hall–Kier alpha value is -4.02. The molecule has 0 unspecified atom stereocenters. The SMILES string of the molecule is COc1nc(-c2cccc(-c3cccc(-c4ccc5c(n4)CCC[C@H]5NC[C@H]4CCC(=O)N4)c3Cl)c2Cl)ccc1CNC[C@H]1CCC(=O)N1. The lowest BCUT2D eigenvalue weighted by Crippen LogP contribution is -2.38. The van der Waals surface area contributed by atoms with Crippen molar-refractivity contribution in [2.24, 2.45) is 0 Å². The fourth-order valence-electron chi connectivity index (χ4n) is 7.15. The summed E-state index contributed by atoms with van der Waals surface area (Å²) in [5.41, 5.74) is 7.98. The number of aromatic nitrogens is 2. The Kier molecular flexibility index (Phi) is 10.1. The standard InChI is InChI=1S/C38H40Cl2N6O3/c1-49-38-22(19-41-20-23-12-17-34(47)43-23)11-15-33(46-38)29-8-3-6-26(37(29)40)25-5-2-7-28(36(25)39)32-16-14-27-30(9-4-10-31(27)45-32)42-21-24-13-18-35(48)44-24/h2-3,5-8,11,14-16,23-24,30,41-42H,4,9-10,12-13,17-21H2,1H3,(H,43,47)(H,44,48)/t23-,24-,30-/m1/s1. The zero-order chi connectivity index (χ0) is 33.9. The number of benzene rings is 2. The van der Waals surface area contributed by atoms with Crippen LogP contribution in [-0.4, -0.2) is 54.1 Å². The molecule has 0 bridgehead atoms. The fraction of sp³-hybridized carbons (Fsp3) is 0.368. The predicted molar refractivity (Wildman–Crippen MR) is 193 cm³/mol. The first-order valence-corrected chi connectivity index (χ1v) is 17.8. The predicted octanol–water partition coefficient (Wildman–Crippen LogP) is 6.41. The monoisotopic (exact) mass is 698 g/mol. The highest BCUT2D eigenvalue weighted by Gasteiger charge is 2.26. The Bertz CT molecular complexity index is 1880. The van der Waals surface area contributed by atoms with Crippen molar-refractivity contribution < 1.29 is 14.3 Å². The van der Waals surface area contributed by atoms with Crippen LogP contribution < -0.4 is 26.0 Å². The Labute approximate surface area is 296 Å². The number of pyridine rings is 2. The summed E-state index contributed by atoms with van der Waals surface area (Å²) in [5.74, 6) is 0.759. The van der Waals surface area contributed by atoms with Crippen LogP contribution in [0.3, 0.4) is 0 Å². The van der Waals surface area contributed by atoms with Gasteiger partial charge in [0.15, 0.2) is 0 Å². The molecular formula is C38H40Cl2N6O3. The summed E-state index contributed by atoms with van der Waals surface area (Å²) < 4.78 is 5.66. The zero-order valence-corrected chi connectivity index (χ0v) is 29.0. The molecular weight excluding hydrogens is 659 g/mol. The van der Waals surface area contributed by atoms with Crippen molar-refractivity contribution in [2.45, 2.75) is 69.6 Å². The number of carbonyl (C=O) groups is 2. The topological polar surface area (TPSA) is 117 Å². The van der Waals surface area contributed by atoms with Gasteiger partial charge in [-0.1, -0.05) is 71.7 Å². The van der Waals surface area contributed by atoms with Gasteiger partial charge < -0.3 is 26.0 Å². The third-order valence-corrected chi connectivity index (χ3v) is 10.6. The number of nitrogens with one attached hydrogen (secondary N) is 4. The van der Waals surface area contributed by atoms with Crippen LogP contribution in [0.15, 0.2) is 60.7 Å². The van der Waals surface area contributed by atoms with E-state index in [-0.39, 0.29) is 29.9 Å². The molecule has 2 saturated heterocycles. The van der Waals surface area contributed by atoms with Crippen LogP contribution in [0, 0.1) is 0 Å². The minimum Gasteiger partial charge on any atom is -0.481 e. The maximum Gasteiger partial charge on any atom is 0.220 e. The largest absolute Gasteiger partial charge is 0.481 e. The average Bonchev–Trinajstić information content (AvgIpc) is 3.74. The lowest BCUT2D eigenvalue weighted by molar-refractivity contribution is -0.120. The Morgan fingerprint density at radius 1 is 0.755 bits per heavy atom. The molecule has 4 aromatic rings. The number of carbonyl (C=O) groups excluding carboxylic acids is 2. The highest BCUT2D eigenvalue weighted by atomic mass is 35.5. The van der Waals surface area contributed by atoms with E-state index in [4.69, 9.17) is 37.9 Å². The van der Waals surface area contributed by atoms with Gasteiger partial charge in [0.2, 0.25) is 17.7 Å². The second-order valence-electron chi connectivity index (χ2n) is 13.0. The van der Waals surface area contributed by atoms with Gasteiger partial charge in [0.05, 0.1) is 28.5 Å². The molecule has 3 aliphatic rings. The van der Waals surface area contributed by atoms with Crippen molar-refractivity contribution in [2.75, 3.05) is 20.2 Å². The van der Waals surface area contributed by atoms with Gasteiger partial charge in [-0.2, -0.15) is 0 Å². The molecule has 4 N–H and O–H groups in total. The van der Waals surface area contributed by atoms with E-state index < -0.39 is 0 Å². The van der Waals surface area contributed by atoms with E-state index >= 15 is 0 Å². The van der Waals surface area contributed by atoms with Gasteiger partial charge >= 0.3 is 0 Å². The molecule has 2 aromatic carbocycles. The highest BCUT2D eigenvalue weighted by molar-refractivity contribution is 6.39. The van der Waals surface area contributed by atoms with Crippen molar-refractivity contribution in [3.8, 4) is 39.5 Å². The number of amides is 2. The first kappa shape index (κ1) is 33.5. The number of methoxy groups -OCH3 is 1. The van der Waals surface area contributed by atoms with Crippen LogP contribution in [0.4, 0.5) is 0 Å². The van der Waals surface area contributed by atoms with Crippen LogP contribution >= 0.6 is 23.2 Å². The Morgan fingerprint density at radius 3 is 2.00 bits per heavy atom. The van der Waals surface area contributed by atoms with Gasteiger partial charge in [-0.15, -0.1) is 0 Å². The number of nitrogens with zero attached hydrogens (tertiary/aromatic N) is 2. The van der Waals surface area contributed by atoms with E-state index in [0.717, 1.165) is 77.9 Å². The molecule has 9 nitrogen and oxygen atoms in total. The quantitative estimate of drug-likeness (QED) is 0.143. The van der Waals surface area contributed by atoms with Gasteiger partial charge in [-0.25, -0.2) is 4.98 Å². The number of rotatable bonds is 11.